The van der Waals surface area contributed by atoms with Gasteiger partial charge >= 0.3 is 0 Å². The van der Waals surface area contributed by atoms with Crippen molar-refractivity contribution in [2.45, 2.75) is 33.4 Å². The SMILES string of the molecule is CC(C)C(=O)N1CCc2c(cccc2OCC(=O)N(CCN(C)C)Cc2ccccc2)C1. The predicted octanol–water partition coefficient (Wildman–Crippen LogP) is 3.20. The van der Waals surface area contributed by atoms with E-state index in [9.17, 15) is 9.59 Å². The molecule has 0 radical (unpaired) electrons. The monoisotopic (exact) mass is 437 g/mol. The first-order valence-electron chi connectivity index (χ1n) is 11.3. The Labute approximate surface area is 191 Å². The maximum atomic E-state index is 13.0. The average Bonchev–Trinajstić information content (AvgIpc) is 2.79. The number of hydrogen-bond acceptors (Lipinski definition) is 4. The number of nitrogens with zero attached hydrogens (tertiary/aromatic N) is 3. The van der Waals surface area contributed by atoms with Gasteiger partial charge in [0.15, 0.2) is 6.61 Å². The smallest absolute Gasteiger partial charge is 0.260 e. The Morgan fingerprint density at radius 2 is 1.78 bits per heavy atom. The Morgan fingerprint density at radius 3 is 2.47 bits per heavy atom. The zero-order valence-electron chi connectivity index (χ0n) is 19.7. The summed E-state index contributed by atoms with van der Waals surface area (Å²) in [7, 11) is 4.01. The number of fused-ring (bicyclic) bond motifs is 1. The van der Waals surface area contributed by atoms with Crippen LogP contribution in [0.3, 0.4) is 0 Å². The van der Waals surface area contributed by atoms with Gasteiger partial charge in [-0.2, -0.15) is 0 Å². The summed E-state index contributed by atoms with van der Waals surface area (Å²) < 4.78 is 6.03. The van der Waals surface area contributed by atoms with Crippen molar-refractivity contribution in [1.82, 2.24) is 14.7 Å². The molecule has 2 aromatic rings. The molecule has 1 heterocycles. The Kier molecular flexibility index (Phi) is 8.28. The molecule has 172 valence electrons. The molecule has 2 aromatic carbocycles. The summed E-state index contributed by atoms with van der Waals surface area (Å²) in [5, 5.41) is 0. The molecule has 0 atom stereocenters. The van der Waals surface area contributed by atoms with Crippen LogP contribution in [0.4, 0.5) is 0 Å². The third-order valence-electron chi connectivity index (χ3n) is 5.77. The van der Waals surface area contributed by atoms with Crippen LogP contribution in [0.15, 0.2) is 48.5 Å². The van der Waals surface area contributed by atoms with E-state index in [1.54, 1.807) is 0 Å². The van der Waals surface area contributed by atoms with E-state index in [1.165, 1.54) is 0 Å². The highest BCUT2D eigenvalue weighted by molar-refractivity contribution is 5.79. The molecule has 1 aliphatic rings. The van der Waals surface area contributed by atoms with Gasteiger partial charge in [0, 0.05) is 44.2 Å². The molecule has 3 rings (SSSR count). The van der Waals surface area contributed by atoms with Crippen molar-refractivity contribution in [2.75, 3.05) is 40.3 Å². The normalized spacial score (nSPS) is 13.2. The van der Waals surface area contributed by atoms with Crippen LogP contribution in [0, 0.1) is 5.92 Å². The molecule has 0 bridgehead atoms. The molecule has 0 saturated carbocycles. The topological polar surface area (TPSA) is 53.1 Å². The van der Waals surface area contributed by atoms with Crippen LogP contribution in [-0.2, 0) is 29.1 Å². The summed E-state index contributed by atoms with van der Waals surface area (Å²) in [6.45, 7) is 7.15. The first-order valence-corrected chi connectivity index (χ1v) is 11.3. The average molecular weight is 438 g/mol. The summed E-state index contributed by atoms with van der Waals surface area (Å²) in [6.07, 6.45) is 0.743. The lowest BCUT2D eigenvalue weighted by molar-refractivity contribution is -0.135. The van der Waals surface area contributed by atoms with Crippen LogP contribution in [-0.4, -0.2) is 66.9 Å². The summed E-state index contributed by atoms with van der Waals surface area (Å²) in [6, 6.07) is 15.9. The van der Waals surface area contributed by atoms with E-state index in [0.717, 1.165) is 35.4 Å². The van der Waals surface area contributed by atoms with Crippen LogP contribution in [0.2, 0.25) is 0 Å². The molecule has 0 saturated heterocycles. The van der Waals surface area contributed by atoms with Crippen molar-refractivity contribution < 1.29 is 14.3 Å². The van der Waals surface area contributed by atoms with Crippen LogP contribution >= 0.6 is 0 Å². The quantitative estimate of drug-likeness (QED) is 0.605. The van der Waals surface area contributed by atoms with Crippen molar-refractivity contribution in [2.24, 2.45) is 5.92 Å². The van der Waals surface area contributed by atoms with E-state index in [0.29, 0.717) is 26.2 Å². The standard InChI is InChI=1S/C26H35N3O3/c1-20(2)26(31)29-14-13-23-22(18-29)11-8-12-24(23)32-19-25(30)28(16-15-27(3)4)17-21-9-6-5-7-10-21/h5-12,20H,13-19H2,1-4H3. The maximum absolute atomic E-state index is 13.0. The Hall–Kier alpha value is -2.86. The third-order valence-corrected chi connectivity index (χ3v) is 5.77. The van der Waals surface area contributed by atoms with Crippen LogP contribution in [0.1, 0.15) is 30.5 Å². The summed E-state index contributed by atoms with van der Waals surface area (Å²) in [5.41, 5.74) is 3.31. The number of likely N-dealkylation sites (N-methyl/N-ethyl adjacent to an activating group) is 1. The van der Waals surface area contributed by atoms with Gasteiger partial charge in [0.2, 0.25) is 5.91 Å². The molecule has 0 N–H and O–H groups in total. The first kappa shape index (κ1) is 23.8. The van der Waals surface area contributed by atoms with Gasteiger partial charge in [-0.15, -0.1) is 0 Å². The van der Waals surface area contributed by atoms with Gasteiger partial charge < -0.3 is 19.4 Å². The van der Waals surface area contributed by atoms with Gasteiger partial charge in [-0.05, 0) is 37.7 Å². The van der Waals surface area contributed by atoms with Gasteiger partial charge in [-0.1, -0.05) is 56.3 Å². The number of benzene rings is 2. The van der Waals surface area contributed by atoms with Gasteiger partial charge in [0.25, 0.3) is 5.91 Å². The van der Waals surface area contributed by atoms with Crippen molar-refractivity contribution in [1.29, 1.82) is 0 Å². The van der Waals surface area contributed by atoms with E-state index in [-0.39, 0.29) is 24.3 Å². The highest BCUT2D eigenvalue weighted by Crippen LogP contribution is 2.28. The van der Waals surface area contributed by atoms with Crippen LogP contribution in [0.25, 0.3) is 0 Å². The number of amides is 2. The molecule has 0 aromatic heterocycles. The minimum Gasteiger partial charge on any atom is -0.483 e. The summed E-state index contributed by atoms with van der Waals surface area (Å²) >= 11 is 0. The second kappa shape index (κ2) is 11.1. The van der Waals surface area contributed by atoms with Crippen LogP contribution < -0.4 is 4.74 Å². The lowest BCUT2D eigenvalue weighted by Gasteiger charge is -2.31. The van der Waals surface area contributed by atoms with Crippen molar-refractivity contribution in [3.63, 3.8) is 0 Å². The fraction of sp³-hybridized carbons (Fsp3) is 0.462. The molecular formula is C26H35N3O3. The van der Waals surface area contributed by atoms with E-state index in [1.807, 2.05) is 86.3 Å². The number of ether oxygens (including phenoxy) is 1. The largest absolute Gasteiger partial charge is 0.483 e. The van der Waals surface area contributed by atoms with Crippen molar-refractivity contribution in [3.8, 4) is 5.75 Å². The third kappa shape index (κ3) is 6.33. The molecule has 2 amide bonds. The summed E-state index contributed by atoms with van der Waals surface area (Å²) in [4.78, 5) is 31.3. The Morgan fingerprint density at radius 1 is 1.03 bits per heavy atom. The molecule has 6 nitrogen and oxygen atoms in total. The van der Waals surface area contributed by atoms with Gasteiger partial charge in [0.05, 0.1) is 0 Å². The number of carbonyl (C=O) groups is 2. The highest BCUT2D eigenvalue weighted by atomic mass is 16.5. The lowest BCUT2D eigenvalue weighted by atomic mass is 9.97. The second-order valence-corrected chi connectivity index (χ2v) is 8.95. The highest BCUT2D eigenvalue weighted by Gasteiger charge is 2.25. The number of carbonyl (C=O) groups excluding carboxylic acids is 2. The van der Waals surface area contributed by atoms with E-state index in [2.05, 4.69) is 4.90 Å². The van der Waals surface area contributed by atoms with E-state index < -0.39 is 0 Å². The van der Waals surface area contributed by atoms with E-state index >= 15 is 0 Å². The van der Waals surface area contributed by atoms with Crippen molar-refractivity contribution in [3.05, 3.63) is 65.2 Å². The Balaban J connectivity index is 1.66. The fourth-order valence-electron chi connectivity index (χ4n) is 3.91. The lowest BCUT2D eigenvalue weighted by Crippen LogP contribution is -2.39. The molecule has 0 fully saturated rings. The number of rotatable bonds is 9. The van der Waals surface area contributed by atoms with Gasteiger partial charge in [-0.3, -0.25) is 9.59 Å². The fourth-order valence-corrected chi connectivity index (χ4v) is 3.91. The molecule has 32 heavy (non-hydrogen) atoms. The molecule has 0 spiro atoms. The zero-order chi connectivity index (χ0) is 23.1. The zero-order valence-corrected chi connectivity index (χ0v) is 19.7. The van der Waals surface area contributed by atoms with Crippen molar-refractivity contribution >= 4 is 11.8 Å². The minimum absolute atomic E-state index is 0.00531. The molecular weight excluding hydrogens is 402 g/mol. The predicted molar refractivity (Wildman–Crippen MR) is 126 cm³/mol. The minimum atomic E-state index is -0.0271. The maximum Gasteiger partial charge on any atom is 0.260 e. The molecule has 0 unspecified atom stereocenters. The molecule has 6 heteroatoms. The molecule has 1 aliphatic heterocycles. The van der Waals surface area contributed by atoms with Gasteiger partial charge in [0.1, 0.15) is 5.75 Å². The Bertz CT molecular complexity index is 912. The van der Waals surface area contributed by atoms with Crippen LogP contribution in [0.5, 0.6) is 5.75 Å². The molecule has 0 aliphatic carbocycles. The number of hydrogen-bond donors (Lipinski definition) is 0. The first-order chi connectivity index (χ1) is 15.3. The summed E-state index contributed by atoms with van der Waals surface area (Å²) in [5.74, 6) is 0.890. The second-order valence-electron chi connectivity index (χ2n) is 8.95. The van der Waals surface area contributed by atoms with Gasteiger partial charge in [-0.25, -0.2) is 0 Å². The van der Waals surface area contributed by atoms with E-state index in [4.69, 9.17) is 4.74 Å².